The maximum Gasteiger partial charge on any atom is 0.313 e. The predicted molar refractivity (Wildman–Crippen MR) is 72.4 cm³/mol. The van der Waals surface area contributed by atoms with E-state index >= 15 is 0 Å². The number of hydrogen-bond donors (Lipinski definition) is 1. The van der Waals surface area contributed by atoms with Gasteiger partial charge in [0.25, 0.3) is 0 Å². The van der Waals surface area contributed by atoms with Crippen LogP contribution in [0.4, 0.5) is 0 Å². The van der Waals surface area contributed by atoms with Crippen LogP contribution in [0.25, 0.3) is 0 Å². The zero-order valence-corrected chi connectivity index (χ0v) is 11.7. The summed E-state index contributed by atoms with van der Waals surface area (Å²) in [5.41, 5.74) is -0.231. The quantitative estimate of drug-likeness (QED) is 0.618. The Kier molecular flexibility index (Phi) is 5.04. The second-order valence-electron chi connectivity index (χ2n) is 6.02. The molecule has 1 heterocycles. The zero-order chi connectivity index (χ0) is 12.8. The predicted octanol–water partition coefficient (Wildman–Crippen LogP) is 2.89. The summed E-state index contributed by atoms with van der Waals surface area (Å²) in [5.74, 6) is 0.652. The third kappa shape index (κ3) is 3.25. The summed E-state index contributed by atoms with van der Waals surface area (Å²) in [4.78, 5) is 12.3. The van der Waals surface area contributed by atoms with E-state index in [0.29, 0.717) is 12.5 Å². The molecule has 0 amide bonds. The van der Waals surface area contributed by atoms with Gasteiger partial charge in [0.05, 0.1) is 12.0 Å². The van der Waals surface area contributed by atoms with Crippen LogP contribution in [-0.4, -0.2) is 25.7 Å². The van der Waals surface area contributed by atoms with Gasteiger partial charge in [-0.2, -0.15) is 0 Å². The third-order valence-corrected chi connectivity index (χ3v) is 4.78. The van der Waals surface area contributed by atoms with E-state index < -0.39 is 0 Å². The lowest BCUT2D eigenvalue weighted by atomic mass is 9.84. The van der Waals surface area contributed by atoms with E-state index in [9.17, 15) is 4.79 Å². The van der Waals surface area contributed by atoms with Crippen LogP contribution in [-0.2, 0) is 9.53 Å². The van der Waals surface area contributed by atoms with Gasteiger partial charge >= 0.3 is 5.97 Å². The van der Waals surface area contributed by atoms with Crippen molar-refractivity contribution in [1.82, 2.24) is 5.32 Å². The molecule has 0 radical (unpaired) electrons. The molecule has 1 aliphatic heterocycles. The Labute approximate surface area is 111 Å². The van der Waals surface area contributed by atoms with Gasteiger partial charge in [0.1, 0.15) is 0 Å². The molecule has 2 aliphatic rings. The van der Waals surface area contributed by atoms with Gasteiger partial charge in [-0.15, -0.1) is 0 Å². The highest BCUT2D eigenvalue weighted by atomic mass is 16.5. The van der Waals surface area contributed by atoms with Crippen LogP contribution in [0.1, 0.15) is 58.3 Å². The van der Waals surface area contributed by atoms with Crippen LogP contribution in [0.5, 0.6) is 0 Å². The van der Waals surface area contributed by atoms with Crippen LogP contribution in [0, 0.1) is 11.3 Å². The summed E-state index contributed by atoms with van der Waals surface area (Å²) in [5, 5.41) is 3.29. The van der Waals surface area contributed by atoms with Crippen LogP contribution >= 0.6 is 0 Å². The standard InChI is InChI=1S/C15H27NO2/c1-2-15(9-10-16-12-15)14(17)18-11-13-7-5-3-4-6-8-13/h13,16H,2-12H2,1H3. The van der Waals surface area contributed by atoms with Crippen LogP contribution in [0.3, 0.4) is 0 Å². The van der Waals surface area contributed by atoms with E-state index in [0.717, 1.165) is 25.9 Å². The van der Waals surface area contributed by atoms with Gasteiger partial charge in [-0.1, -0.05) is 32.6 Å². The topological polar surface area (TPSA) is 38.3 Å². The first-order chi connectivity index (χ1) is 8.77. The first kappa shape index (κ1) is 13.9. The summed E-state index contributed by atoms with van der Waals surface area (Å²) in [7, 11) is 0. The van der Waals surface area contributed by atoms with Crippen molar-refractivity contribution in [3.63, 3.8) is 0 Å². The van der Waals surface area contributed by atoms with Crippen molar-refractivity contribution in [2.45, 2.75) is 58.3 Å². The summed E-state index contributed by atoms with van der Waals surface area (Å²) in [6.07, 6.45) is 9.64. The molecule has 3 heteroatoms. The van der Waals surface area contributed by atoms with Crippen molar-refractivity contribution in [2.75, 3.05) is 19.7 Å². The number of esters is 1. The molecule has 1 N–H and O–H groups in total. The van der Waals surface area contributed by atoms with Crippen molar-refractivity contribution in [3.8, 4) is 0 Å². The number of nitrogens with one attached hydrogen (secondary N) is 1. The maximum absolute atomic E-state index is 12.3. The lowest BCUT2D eigenvalue weighted by Gasteiger charge is -2.25. The smallest absolute Gasteiger partial charge is 0.313 e. The number of carbonyl (C=O) groups excluding carboxylic acids is 1. The molecule has 104 valence electrons. The van der Waals surface area contributed by atoms with Crippen LogP contribution in [0.2, 0.25) is 0 Å². The van der Waals surface area contributed by atoms with Crippen molar-refractivity contribution in [3.05, 3.63) is 0 Å². The number of carbonyl (C=O) groups is 1. The summed E-state index contributed by atoms with van der Waals surface area (Å²) in [6.45, 7) is 4.50. The molecule has 0 aromatic heterocycles. The van der Waals surface area contributed by atoms with E-state index in [2.05, 4.69) is 12.2 Å². The molecular formula is C15H27NO2. The van der Waals surface area contributed by atoms with Crippen molar-refractivity contribution < 1.29 is 9.53 Å². The van der Waals surface area contributed by atoms with Crippen molar-refractivity contribution in [2.24, 2.45) is 11.3 Å². The Morgan fingerprint density at radius 2 is 2.00 bits per heavy atom. The van der Waals surface area contributed by atoms with Gasteiger partial charge < -0.3 is 10.1 Å². The Bertz CT molecular complexity index is 264. The molecule has 2 fully saturated rings. The first-order valence-electron chi connectivity index (χ1n) is 7.65. The van der Waals surface area contributed by atoms with Crippen molar-refractivity contribution >= 4 is 5.97 Å². The second kappa shape index (κ2) is 6.55. The SMILES string of the molecule is CCC1(C(=O)OCC2CCCCCC2)CCNC1. The van der Waals surface area contributed by atoms with Gasteiger partial charge in [0.15, 0.2) is 0 Å². The van der Waals surface area contributed by atoms with Gasteiger partial charge in [0.2, 0.25) is 0 Å². The Morgan fingerprint density at radius 3 is 2.56 bits per heavy atom. The lowest BCUT2D eigenvalue weighted by molar-refractivity contribution is -0.156. The van der Waals surface area contributed by atoms with Gasteiger partial charge in [-0.25, -0.2) is 0 Å². The minimum atomic E-state index is -0.231. The normalized spacial score (nSPS) is 30.1. The molecule has 0 bridgehead atoms. The van der Waals surface area contributed by atoms with Gasteiger partial charge in [-0.3, -0.25) is 4.79 Å². The molecule has 1 saturated heterocycles. The fraction of sp³-hybridized carbons (Fsp3) is 0.933. The number of ether oxygens (including phenoxy) is 1. The Hall–Kier alpha value is -0.570. The van der Waals surface area contributed by atoms with Crippen LogP contribution < -0.4 is 5.32 Å². The molecule has 1 atom stereocenters. The highest BCUT2D eigenvalue weighted by Gasteiger charge is 2.41. The molecule has 2 rings (SSSR count). The summed E-state index contributed by atoms with van der Waals surface area (Å²) < 4.78 is 5.64. The molecule has 1 saturated carbocycles. The average Bonchev–Trinajstić information content (AvgIpc) is 2.74. The molecule has 18 heavy (non-hydrogen) atoms. The minimum Gasteiger partial charge on any atom is -0.465 e. The largest absolute Gasteiger partial charge is 0.465 e. The summed E-state index contributed by atoms with van der Waals surface area (Å²) in [6, 6.07) is 0. The monoisotopic (exact) mass is 253 g/mol. The highest BCUT2D eigenvalue weighted by Crippen LogP contribution is 2.31. The van der Waals surface area contributed by atoms with Crippen LogP contribution in [0.15, 0.2) is 0 Å². The first-order valence-corrected chi connectivity index (χ1v) is 7.65. The fourth-order valence-corrected chi connectivity index (χ4v) is 3.24. The molecule has 0 aromatic rings. The number of rotatable bonds is 4. The van der Waals surface area contributed by atoms with E-state index in [4.69, 9.17) is 4.74 Å². The third-order valence-electron chi connectivity index (χ3n) is 4.78. The molecule has 1 unspecified atom stereocenters. The zero-order valence-electron chi connectivity index (χ0n) is 11.7. The molecule has 1 aliphatic carbocycles. The van der Waals surface area contributed by atoms with Gasteiger partial charge in [-0.05, 0) is 38.1 Å². The second-order valence-corrected chi connectivity index (χ2v) is 6.02. The maximum atomic E-state index is 12.3. The minimum absolute atomic E-state index is 0.0410. The summed E-state index contributed by atoms with van der Waals surface area (Å²) >= 11 is 0. The van der Waals surface area contributed by atoms with E-state index in [1.807, 2.05) is 0 Å². The van der Waals surface area contributed by atoms with E-state index in [-0.39, 0.29) is 11.4 Å². The van der Waals surface area contributed by atoms with E-state index in [1.54, 1.807) is 0 Å². The molecule has 0 spiro atoms. The fourth-order valence-electron chi connectivity index (χ4n) is 3.24. The average molecular weight is 253 g/mol. The Balaban J connectivity index is 1.79. The molecule has 3 nitrogen and oxygen atoms in total. The molecule has 0 aromatic carbocycles. The lowest BCUT2D eigenvalue weighted by Crippen LogP contribution is -2.35. The highest BCUT2D eigenvalue weighted by molar-refractivity contribution is 5.77. The number of hydrogen-bond acceptors (Lipinski definition) is 3. The Morgan fingerprint density at radius 1 is 1.28 bits per heavy atom. The molecular weight excluding hydrogens is 226 g/mol. The van der Waals surface area contributed by atoms with Gasteiger partial charge in [0, 0.05) is 6.54 Å². The van der Waals surface area contributed by atoms with E-state index in [1.165, 1.54) is 38.5 Å². The van der Waals surface area contributed by atoms with Crippen molar-refractivity contribution in [1.29, 1.82) is 0 Å².